The monoisotopic (exact) mass is 635 g/mol. The molecule has 1 nitrogen and oxygen atoms in total. The summed E-state index contributed by atoms with van der Waals surface area (Å²) >= 11 is 0. The zero-order valence-corrected chi connectivity index (χ0v) is 32.5. The van der Waals surface area contributed by atoms with Crippen LogP contribution in [0, 0.1) is 5.92 Å². The predicted octanol–water partition coefficient (Wildman–Crippen LogP) is 15.9. The Hall–Kier alpha value is 0.177. The largest absolute Gasteiger partial charge is 0.414 e. The Morgan fingerprint density at radius 1 is 0.386 bits per heavy atom. The lowest BCUT2D eigenvalue weighted by atomic mass is 9.89. The van der Waals surface area contributed by atoms with Gasteiger partial charge in [0.25, 0.3) is 0 Å². The maximum Gasteiger partial charge on any atom is 0.187 e. The molecule has 1 aliphatic heterocycles. The molecule has 1 heterocycles. The van der Waals surface area contributed by atoms with Gasteiger partial charge >= 0.3 is 0 Å². The normalized spacial score (nSPS) is 18.3. The van der Waals surface area contributed by atoms with Crippen molar-refractivity contribution >= 4 is 8.32 Å². The fourth-order valence-electron chi connectivity index (χ4n) is 7.76. The van der Waals surface area contributed by atoms with Gasteiger partial charge in [0.1, 0.15) is 0 Å². The molecular weight excluding hydrogens is 549 g/mol. The molecule has 1 saturated heterocycles. The summed E-state index contributed by atoms with van der Waals surface area (Å²) in [5.41, 5.74) is 0. The Labute approximate surface area is 281 Å². The fraction of sp³-hybridized carbons (Fsp3) is 1.00. The number of rotatable bonds is 34. The first-order valence-electron chi connectivity index (χ1n) is 21.3. The van der Waals surface area contributed by atoms with Gasteiger partial charge in [-0.2, -0.15) is 0 Å². The van der Waals surface area contributed by atoms with E-state index in [1.807, 2.05) is 0 Å². The molecule has 0 amide bonds. The van der Waals surface area contributed by atoms with Crippen molar-refractivity contribution in [2.75, 3.05) is 0 Å². The lowest BCUT2D eigenvalue weighted by Gasteiger charge is -2.40. The molecule has 0 N–H and O–H groups in total. The molecule has 0 saturated carbocycles. The van der Waals surface area contributed by atoms with Crippen LogP contribution in [0.4, 0.5) is 0 Å². The van der Waals surface area contributed by atoms with E-state index in [-0.39, 0.29) is 0 Å². The molecule has 0 aromatic heterocycles. The van der Waals surface area contributed by atoms with Gasteiger partial charge in [-0.1, -0.05) is 219 Å². The zero-order valence-electron chi connectivity index (χ0n) is 31.5. The topological polar surface area (TPSA) is 9.23 Å². The van der Waals surface area contributed by atoms with E-state index < -0.39 is 8.32 Å². The minimum absolute atomic E-state index is 0.591. The third-order valence-corrected chi connectivity index (χ3v) is 13.3. The van der Waals surface area contributed by atoms with Gasteiger partial charge < -0.3 is 4.43 Å². The van der Waals surface area contributed by atoms with Crippen LogP contribution in [0.2, 0.25) is 19.1 Å². The lowest BCUT2D eigenvalue weighted by Crippen LogP contribution is -2.44. The smallest absolute Gasteiger partial charge is 0.187 e. The second-order valence-electron chi connectivity index (χ2n) is 15.9. The number of unbranched alkanes of at least 4 members (excludes halogenated alkanes) is 30. The molecule has 2 heteroatoms. The van der Waals surface area contributed by atoms with Crippen molar-refractivity contribution in [1.82, 2.24) is 0 Å². The van der Waals surface area contributed by atoms with Crippen LogP contribution in [0.1, 0.15) is 239 Å². The van der Waals surface area contributed by atoms with Crippen LogP contribution in [0.25, 0.3) is 0 Å². The van der Waals surface area contributed by atoms with Crippen molar-refractivity contribution < 1.29 is 4.43 Å². The molecule has 1 rings (SSSR count). The summed E-state index contributed by atoms with van der Waals surface area (Å²) in [6.45, 7) is 9.56. The second kappa shape index (κ2) is 31.8. The van der Waals surface area contributed by atoms with Gasteiger partial charge in [-0.25, -0.2) is 0 Å². The van der Waals surface area contributed by atoms with E-state index in [9.17, 15) is 0 Å². The van der Waals surface area contributed by atoms with E-state index in [0.717, 1.165) is 5.92 Å². The number of hydrogen-bond donors (Lipinski definition) is 0. The first kappa shape index (κ1) is 42.2. The summed E-state index contributed by atoms with van der Waals surface area (Å²) in [6, 6.07) is 1.39. The van der Waals surface area contributed by atoms with Crippen LogP contribution in [-0.4, -0.2) is 14.4 Å². The molecule has 2 unspecified atom stereocenters. The van der Waals surface area contributed by atoms with Crippen molar-refractivity contribution in [1.29, 1.82) is 0 Å². The van der Waals surface area contributed by atoms with Crippen LogP contribution in [0.15, 0.2) is 0 Å². The standard InChI is InChI=1S/C42H86OSi/c1-5-7-9-11-13-15-17-19-21-23-25-27-29-31-33-35-37-41-39-40-44(3,4)43-42(41)38-36-34-32-30-28-26-24-22-20-18-16-14-12-10-8-6-2/h41-42H,5-40H2,1-4H3. The minimum atomic E-state index is -1.40. The average molecular weight is 635 g/mol. The van der Waals surface area contributed by atoms with E-state index >= 15 is 0 Å². The molecule has 0 aromatic rings. The van der Waals surface area contributed by atoms with Gasteiger partial charge in [-0.3, -0.25) is 0 Å². The van der Waals surface area contributed by atoms with Crippen LogP contribution in [-0.2, 0) is 4.43 Å². The molecule has 0 spiro atoms. The van der Waals surface area contributed by atoms with E-state index in [4.69, 9.17) is 4.43 Å². The molecule has 0 aromatic carbocycles. The first-order chi connectivity index (χ1) is 21.6. The van der Waals surface area contributed by atoms with Crippen LogP contribution < -0.4 is 0 Å². The molecule has 1 fully saturated rings. The fourth-order valence-corrected chi connectivity index (χ4v) is 10.1. The average Bonchev–Trinajstić information content (AvgIpc) is 3.01. The summed E-state index contributed by atoms with van der Waals surface area (Å²) in [5, 5.41) is 0. The highest BCUT2D eigenvalue weighted by Crippen LogP contribution is 2.36. The SMILES string of the molecule is CCCCCCCCCCCCCCCCCCC1CC[Si](C)(C)OC1CCCCCCCCCCCCCCCCCC. The van der Waals surface area contributed by atoms with Gasteiger partial charge in [0.05, 0.1) is 0 Å². The highest BCUT2D eigenvalue weighted by atomic mass is 28.4. The number of hydrogen-bond acceptors (Lipinski definition) is 1. The minimum Gasteiger partial charge on any atom is -0.414 e. The lowest BCUT2D eigenvalue weighted by molar-refractivity contribution is 0.0821. The summed E-state index contributed by atoms with van der Waals surface area (Å²) < 4.78 is 6.83. The third-order valence-electron chi connectivity index (χ3n) is 10.9. The molecule has 0 radical (unpaired) electrons. The maximum atomic E-state index is 6.83. The molecule has 264 valence electrons. The van der Waals surface area contributed by atoms with Gasteiger partial charge in [-0.05, 0) is 44.3 Å². The van der Waals surface area contributed by atoms with Crippen molar-refractivity contribution in [3.63, 3.8) is 0 Å². The summed E-state index contributed by atoms with van der Waals surface area (Å²) in [6.07, 6.45) is 51.6. The first-order valence-corrected chi connectivity index (χ1v) is 24.4. The van der Waals surface area contributed by atoms with Gasteiger partial charge in [0.2, 0.25) is 0 Å². The Morgan fingerprint density at radius 2 is 0.659 bits per heavy atom. The maximum absolute atomic E-state index is 6.83. The summed E-state index contributed by atoms with van der Waals surface area (Å²) in [7, 11) is -1.40. The van der Waals surface area contributed by atoms with Gasteiger partial charge in [0, 0.05) is 6.10 Å². The predicted molar refractivity (Wildman–Crippen MR) is 204 cm³/mol. The molecule has 2 atom stereocenters. The van der Waals surface area contributed by atoms with Gasteiger partial charge in [-0.15, -0.1) is 0 Å². The van der Waals surface area contributed by atoms with E-state index in [1.54, 1.807) is 0 Å². The Morgan fingerprint density at radius 3 is 0.977 bits per heavy atom. The van der Waals surface area contributed by atoms with Crippen molar-refractivity contribution in [3.05, 3.63) is 0 Å². The Bertz CT molecular complexity index is 560. The third kappa shape index (κ3) is 27.3. The quantitative estimate of drug-likeness (QED) is 0.0505. The highest BCUT2D eigenvalue weighted by Gasteiger charge is 2.36. The summed E-state index contributed by atoms with van der Waals surface area (Å²) in [5.74, 6) is 0.860. The van der Waals surface area contributed by atoms with Crippen LogP contribution in [0.5, 0.6) is 0 Å². The van der Waals surface area contributed by atoms with Crippen molar-refractivity contribution in [3.8, 4) is 0 Å². The molecule has 0 aliphatic carbocycles. The van der Waals surface area contributed by atoms with Crippen molar-refractivity contribution in [2.45, 2.75) is 264 Å². The van der Waals surface area contributed by atoms with E-state index in [0.29, 0.717) is 6.10 Å². The molecule has 0 bridgehead atoms. The van der Waals surface area contributed by atoms with Crippen molar-refractivity contribution in [2.24, 2.45) is 5.92 Å². The Kier molecular flexibility index (Phi) is 30.5. The highest BCUT2D eigenvalue weighted by molar-refractivity contribution is 6.71. The molecule has 1 aliphatic rings. The van der Waals surface area contributed by atoms with Gasteiger partial charge in [0.15, 0.2) is 8.32 Å². The van der Waals surface area contributed by atoms with Crippen LogP contribution in [0.3, 0.4) is 0 Å². The second-order valence-corrected chi connectivity index (χ2v) is 20.2. The Balaban J connectivity index is 1.95. The molecular formula is C42H86OSi. The van der Waals surface area contributed by atoms with Crippen LogP contribution >= 0.6 is 0 Å². The molecule has 44 heavy (non-hydrogen) atoms. The van der Waals surface area contributed by atoms with E-state index in [2.05, 4.69) is 26.9 Å². The van der Waals surface area contributed by atoms with E-state index in [1.165, 1.54) is 231 Å². The summed E-state index contributed by atoms with van der Waals surface area (Å²) in [4.78, 5) is 0. The zero-order chi connectivity index (χ0) is 31.8.